The normalized spacial score (nSPS) is 10.4. The van der Waals surface area contributed by atoms with Gasteiger partial charge in [-0.25, -0.2) is 0 Å². The number of rotatable bonds is 5. The van der Waals surface area contributed by atoms with Crippen molar-refractivity contribution in [1.29, 1.82) is 0 Å². The summed E-state index contributed by atoms with van der Waals surface area (Å²) >= 11 is 0. The highest BCUT2D eigenvalue weighted by atomic mass is 16.5. The lowest BCUT2D eigenvalue weighted by Crippen LogP contribution is -2.12. The van der Waals surface area contributed by atoms with Crippen molar-refractivity contribution in [1.82, 2.24) is 0 Å². The first kappa shape index (κ1) is 15.9. The zero-order valence-electron chi connectivity index (χ0n) is 13.3. The van der Waals surface area contributed by atoms with Gasteiger partial charge in [0.25, 0.3) is 5.91 Å². The highest BCUT2D eigenvalue weighted by Gasteiger charge is 2.11. The molecule has 4 nitrogen and oxygen atoms in total. The topological polar surface area (TPSA) is 47.6 Å². The molecule has 1 N–H and O–H groups in total. The minimum atomic E-state index is -0.179. The number of ether oxygens (including phenoxy) is 2. The van der Waals surface area contributed by atoms with Gasteiger partial charge in [0.05, 0.1) is 14.2 Å². The zero-order chi connectivity index (χ0) is 16.1. The first-order chi connectivity index (χ1) is 10.5. The Morgan fingerprint density at radius 1 is 1.00 bits per heavy atom. The molecule has 1 amide bonds. The number of anilines is 1. The highest BCUT2D eigenvalue weighted by molar-refractivity contribution is 6.04. The molecule has 0 unspecified atom stereocenters. The Morgan fingerprint density at radius 3 is 2.36 bits per heavy atom. The van der Waals surface area contributed by atoms with Crippen molar-refractivity contribution in [3.8, 4) is 11.5 Å². The molecule has 0 aliphatic heterocycles. The predicted octanol–water partition coefficient (Wildman–Crippen LogP) is 4.08. The van der Waals surface area contributed by atoms with E-state index in [1.54, 1.807) is 32.4 Å². The molecular formula is C18H21NO3. The fourth-order valence-corrected chi connectivity index (χ4v) is 2.16. The second-order valence-corrected chi connectivity index (χ2v) is 5.30. The Bertz CT molecular complexity index is 665. The van der Waals surface area contributed by atoms with E-state index < -0.39 is 0 Å². The number of hydrogen-bond acceptors (Lipinski definition) is 3. The molecular weight excluding hydrogens is 278 g/mol. The second-order valence-electron chi connectivity index (χ2n) is 5.30. The van der Waals surface area contributed by atoms with E-state index in [4.69, 9.17) is 9.47 Å². The summed E-state index contributed by atoms with van der Waals surface area (Å²) in [6.45, 7) is 4.24. The van der Waals surface area contributed by atoms with Crippen LogP contribution >= 0.6 is 0 Å². The summed E-state index contributed by atoms with van der Waals surface area (Å²) < 4.78 is 10.4. The maximum absolute atomic E-state index is 12.4. The van der Waals surface area contributed by atoms with Gasteiger partial charge in [0.1, 0.15) is 0 Å². The van der Waals surface area contributed by atoms with E-state index in [1.807, 2.05) is 18.2 Å². The number of amides is 1. The van der Waals surface area contributed by atoms with E-state index in [0.717, 1.165) is 5.69 Å². The smallest absolute Gasteiger partial charge is 0.255 e. The van der Waals surface area contributed by atoms with Crippen molar-refractivity contribution < 1.29 is 14.3 Å². The number of carbonyl (C=O) groups excluding carboxylic acids is 1. The summed E-state index contributed by atoms with van der Waals surface area (Å²) in [5.74, 6) is 1.37. The molecule has 0 aliphatic rings. The molecule has 0 radical (unpaired) electrons. The third kappa shape index (κ3) is 3.58. The number of carbonyl (C=O) groups is 1. The van der Waals surface area contributed by atoms with Crippen LogP contribution in [0.25, 0.3) is 0 Å². The molecule has 0 atom stereocenters. The van der Waals surface area contributed by atoms with Crippen molar-refractivity contribution in [3.63, 3.8) is 0 Å². The summed E-state index contributed by atoms with van der Waals surface area (Å²) in [5.41, 5.74) is 2.49. The summed E-state index contributed by atoms with van der Waals surface area (Å²) in [4.78, 5) is 12.4. The fourth-order valence-electron chi connectivity index (χ4n) is 2.16. The van der Waals surface area contributed by atoms with E-state index in [9.17, 15) is 4.79 Å². The van der Waals surface area contributed by atoms with Gasteiger partial charge in [-0.3, -0.25) is 4.79 Å². The van der Waals surface area contributed by atoms with Gasteiger partial charge in [-0.05, 0) is 41.8 Å². The average molecular weight is 299 g/mol. The van der Waals surface area contributed by atoms with Gasteiger partial charge in [0, 0.05) is 11.3 Å². The van der Waals surface area contributed by atoms with Crippen LogP contribution in [0.2, 0.25) is 0 Å². The Balaban J connectivity index is 2.20. The molecule has 0 spiro atoms. The average Bonchev–Trinajstić information content (AvgIpc) is 2.54. The molecule has 0 bridgehead atoms. The molecule has 22 heavy (non-hydrogen) atoms. The van der Waals surface area contributed by atoms with Crippen LogP contribution in [0.3, 0.4) is 0 Å². The van der Waals surface area contributed by atoms with Crippen LogP contribution < -0.4 is 14.8 Å². The number of benzene rings is 2. The summed E-state index contributed by atoms with van der Waals surface area (Å²) in [6, 6.07) is 13.0. The molecule has 4 heteroatoms. The van der Waals surface area contributed by atoms with Crippen molar-refractivity contribution in [2.24, 2.45) is 0 Å². The molecule has 2 rings (SSSR count). The lowest BCUT2D eigenvalue weighted by molar-refractivity contribution is 0.102. The van der Waals surface area contributed by atoms with Gasteiger partial charge in [-0.15, -0.1) is 0 Å². The number of nitrogens with one attached hydrogen (secondary N) is 1. The number of methoxy groups -OCH3 is 2. The lowest BCUT2D eigenvalue weighted by atomic mass is 10.0. The third-order valence-electron chi connectivity index (χ3n) is 3.46. The van der Waals surface area contributed by atoms with E-state index in [0.29, 0.717) is 23.0 Å². The summed E-state index contributed by atoms with van der Waals surface area (Å²) in [5, 5.41) is 2.91. The van der Waals surface area contributed by atoms with Crippen LogP contribution in [0, 0.1) is 0 Å². The van der Waals surface area contributed by atoms with Crippen LogP contribution in [0.1, 0.15) is 35.7 Å². The highest BCUT2D eigenvalue weighted by Crippen LogP contribution is 2.28. The first-order valence-electron chi connectivity index (χ1n) is 7.18. The van der Waals surface area contributed by atoms with E-state index >= 15 is 0 Å². The van der Waals surface area contributed by atoms with Gasteiger partial charge in [-0.2, -0.15) is 0 Å². The monoisotopic (exact) mass is 299 g/mol. The molecule has 2 aromatic rings. The van der Waals surface area contributed by atoms with Gasteiger partial charge in [-0.1, -0.05) is 26.0 Å². The molecule has 2 aromatic carbocycles. The van der Waals surface area contributed by atoms with E-state index in [1.165, 1.54) is 5.56 Å². The van der Waals surface area contributed by atoms with Crippen molar-refractivity contribution in [2.45, 2.75) is 19.8 Å². The Labute approximate surface area is 131 Å². The minimum absolute atomic E-state index is 0.179. The zero-order valence-corrected chi connectivity index (χ0v) is 13.3. The SMILES string of the molecule is COc1ccc(C(=O)Nc2cccc(C(C)C)c2)cc1OC. The van der Waals surface area contributed by atoms with Crippen LogP contribution in [0.4, 0.5) is 5.69 Å². The van der Waals surface area contributed by atoms with Crippen molar-refractivity contribution in [3.05, 3.63) is 53.6 Å². The number of hydrogen-bond donors (Lipinski definition) is 1. The maximum atomic E-state index is 12.4. The van der Waals surface area contributed by atoms with Crippen LogP contribution in [0.15, 0.2) is 42.5 Å². The Hall–Kier alpha value is -2.49. The second kappa shape index (κ2) is 6.98. The summed E-state index contributed by atoms with van der Waals surface area (Å²) in [7, 11) is 3.11. The van der Waals surface area contributed by atoms with Crippen LogP contribution in [-0.2, 0) is 0 Å². The molecule has 0 saturated heterocycles. The standard InChI is InChI=1S/C18H21NO3/c1-12(2)13-6-5-7-15(10-13)19-18(20)14-8-9-16(21-3)17(11-14)22-4/h5-12H,1-4H3,(H,19,20). The summed E-state index contributed by atoms with van der Waals surface area (Å²) in [6.07, 6.45) is 0. The largest absolute Gasteiger partial charge is 0.493 e. The molecule has 0 aliphatic carbocycles. The predicted molar refractivity (Wildman–Crippen MR) is 88.0 cm³/mol. The van der Waals surface area contributed by atoms with Crippen LogP contribution in [-0.4, -0.2) is 20.1 Å². The van der Waals surface area contributed by atoms with Crippen molar-refractivity contribution >= 4 is 11.6 Å². The molecule has 0 heterocycles. The molecule has 0 fully saturated rings. The lowest BCUT2D eigenvalue weighted by Gasteiger charge is -2.11. The molecule has 0 saturated carbocycles. The fraction of sp³-hybridized carbons (Fsp3) is 0.278. The van der Waals surface area contributed by atoms with Crippen LogP contribution in [0.5, 0.6) is 11.5 Å². The minimum Gasteiger partial charge on any atom is -0.493 e. The molecule has 116 valence electrons. The quantitative estimate of drug-likeness (QED) is 0.905. The van der Waals surface area contributed by atoms with Crippen molar-refractivity contribution in [2.75, 3.05) is 19.5 Å². The first-order valence-corrected chi connectivity index (χ1v) is 7.18. The van der Waals surface area contributed by atoms with E-state index in [2.05, 4.69) is 25.2 Å². The molecule has 0 aromatic heterocycles. The third-order valence-corrected chi connectivity index (χ3v) is 3.46. The van der Waals surface area contributed by atoms with E-state index in [-0.39, 0.29) is 5.91 Å². The van der Waals surface area contributed by atoms with Gasteiger partial charge >= 0.3 is 0 Å². The van der Waals surface area contributed by atoms with Gasteiger partial charge in [0.2, 0.25) is 0 Å². The Kier molecular flexibility index (Phi) is 5.04. The van der Waals surface area contributed by atoms with Gasteiger partial charge in [0.15, 0.2) is 11.5 Å². The maximum Gasteiger partial charge on any atom is 0.255 e. The van der Waals surface area contributed by atoms with Gasteiger partial charge < -0.3 is 14.8 Å². The Morgan fingerprint density at radius 2 is 1.73 bits per heavy atom.